The van der Waals surface area contributed by atoms with Crippen molar-refractivity contribution in [3.05, 3.63) is 29.8 Å². The number of para-hydroxylation sites is 1. The van der Waals surface area contributed by atoms with Crippen molar-refractivity contribution in [2.24, 2.45) is 10.4 Å². The van der Waals surface area contributed by atoms with Gasteiger partial charge in [0.2, 0.25) is 0 Å². The third-order valence-corrected chi connectivity index (χ3v) is 4.65. The van der Waals surface area contributed by atoms with Crippen LogP contribution in [-0.4, -0.2) is 57.6 Å². The molecule has 0 spiro atoms. The molecule has 1 aromatic rings. The Labute approximate surface area is 173 Å². The topological polar surface area (TPSA) is 75.1 Å². The van der Waals surface area contributed by atoms with Gasteiger partial charge in [-0.15, -0.1) is 24.0 Å². The molecule has 0 radical (unpaired) electrons. The molecule has 3 N–H and O–H groups in total. The maximum atomic E-state index is 9.29. The number of nitrogens with one attached hydrogen (secondary N) is 2. The molecular weight excluding hydrogens is 445 g/mol. The van der Waals surface area contributed by atoms with Crippen molar-refractivity contribution >= 4 is 29.9 Å². The molecule has 1 heterocycles. The molecule has 1 aliphatic heterocycles. The molecule has 1 saturated heterocycles. The molecule has 0 bridgehead atoms. The molecule has 1 aromatic carbocycles. The molecule has 0 aliphatic carbocycles. The second kappa shape index (κ2) is 12.3. The third-order valence-electron chi connectivity index (χ3n) is 4.65. The van der Waals surface area contributed by atoms with E-state index in [1.165, 1.54) is 0 Å². The van der Waals surface area contributed by atoms with Crippen LogP contribution in [-0.2, 0) is 4.74 Å². The molecule has 1 fully saturated rings. The fraction of sp³-hybridized carbons (Fsp3) is 0.632. The molecule has 1 aliphatic rings. The fourth-order valence-electron chi connectivity index (χ4n) is 2.98. The number of rotatable bonds is 9. The Morgan fingerprint density at radius 1 is 1.35 bits per heavy atom. The summed E-state index contributed by atoms with van der Waals surface area (Å²) < 4.78 is 11.3. The van der Waals surface area contributed by atoms with Crippen LogP contribution in [0.2, 0.25) is 0 Å². The summed E-state index contributed by atoms with van der Waals surface area (Å²) in [6.07, 6.45) is 2.61. The molecule has 0 aromatic heterocycles. The van der Waals surface area contributed by atoms with E-state index in [0.717, 1.165) is 56.2 Å². The number of hydrogen-bond donors (Lipinski definition) is 3. The van der Waals surface area contributed by atoms with E-state index in [4.69, 9.17) is 9.47 Å². The molecule has 1 atom stereocenters. The number of aryl methyl sites for hydroxylation is 1. The Morgan fingerprint density at radius 2 is 2.15 bits per heavy atom. The summed E-state index contributed by atoms with van der Waals surface area (Å²) in [6, 6.07) is 8.04. The van der Waals surface area contributed by atoms with Crippen LogP contribution < -0.4 is 15.4 Å². The van der Waals surface area contributed by atoms with E-state index in [-0.39, 0.29) is 36.0 Å². The number of benzene rings is 1. The van der Waals surface area contributed by atoms with Gasteiger partial charge in [-0.1, -0.05) is 18.2 Å². The SMILES string of the molecule is CN=C(NCCCOc1ccccc1C)NCC1(CCO)CCOC1.I. The zero-order chi connectivity index (χ0) is 18.0. The highest BCUT2D eigenvalue weighted by molar-refractivity contribution is 14.0. The summed E-state index contributed by atoms with van der Waals surface area (Å²) >= 11 is 0. The van der Waals surface area contributed by atoms with E-state index in [9.17, 15) is 5.11 Å². The van der Waals surface area contributed by atoms with Crippen molar-refractivity contribution in [1.29, 1.82) is 0 Å². The number of nitrogens with zero attached hydrogens (tertiary/aromatic N) is 1. The summed E-state index contributed by atoms with van der Waals surface area (Å²) in [4.78, 5) is 4.26. The molecule has 1 unspecified atom stereocenters. The standard InChI is InChI=1S/C19H31N3O3.HI/c1-16-6-3-4-7-17(16)25-12-5-10-21-18(20-2)22-14-19(8-11-23)9-13-24-15-19;/h3-4,6-7,23H,5,8-15H2,1-2H3,(H2,20,21,22);1H. The number of guanidine groups is 1. The first-order valence-electron chi connectivity index (χ1n) is 9.01. The molecular formula is C19H32IN3O3. The number of aliphatic hydroxyl groups excluding tert-OH is 1. The van der Waals surface area contributed by atoms with Crippen LogP contribution in [0, 0.1) is 12.3 Å². The molecule has 7 heteroatoms. The third kappa shape index (κ3) is 7.28. The second-order valence-corrected chi connectivity index (χ2v) is 6.60. The van der Waals surface area contributed by atoms with E-state index < -0.39 is 0 Å². The highest BCUT2D eigenvalue weighted by Gasteiger charge is 2.34. The molecule has 6 nitrogen and oxygen atoms in total. The number of halogens is 1. The predicted molar refractivity (Wildman–Crippen MR) is 116 cm³/mol. The van der Waals surface area contributed by atoms with E-state index >= 15 is 0 Å². The van der Waals surface area contributed by atoms with Crippen molar-refractivity contribution in [2.75, 3.05) is 46.6 Å². The van der Waals surface area contributed by atoms with Gasteiger partial charge in [0.1, 0.15) is 5.75 Å². The van der Waals surface area contributed by atoms with Crippen molar-refractivity contribution in [3.63, 3.8) is 0 Å². The van der Waals surface area contributed by atoms with Crippen molar-refractivity contribution in [2.45, 2.75) is 26.2 Å². The van der Waals surface area contributed by atoms with Crippen molar-refractivity contribution in [1.82, 2.24) is 10.6 Å². The van der Waals surface area contributed by atoms with Gasteiger partial charge in [-0.3, -0.25) is 4.99 Å². The Kier molecular flexibility index (Phi) is 10.9. The number of hydrogen-bond acceptors (Lipinski definition) is 4. The maximum absolute atomic E-state index is 9.29. The lowest BCUT2D eigenvalue weighted by Gasteiger charge is -2.27. The lowest BCUT2D eigenvalue weighted by molar-refractivity contribution is 0.127. The summed E-state index contributed by atoms with van der Waals surface area (Å²) in [5.74, 6) is 1.72. The quantitative estimate of drug-likeness (QED) is 0.220. The first-order chi connectivity index (χ1) is 12.2. The minimum Gasteiger partial charge on any atom is -0.493 e. The molecule has 26 heavy (non-hydrogen) atoms. The normalized spacial score (nSPS) is 19.7. The zero-order valence-electron chi connectivity index (χ0n) is 15.8. The van der Waals surface area contributed by atoms with Crippen LogP contribution in [0.25, 0.3) is 0 Å². The average Bonchev–Trinajstić information content (AvgIpc) is 3.08. The summed E-state index contributed by atoms with van der Waals surface area (Å²) in [7, 11) is 1.77. The van der Waals surface area contributed by atoms with E-state index in [1.807, 2.05) is 31.2 Å². The van der Waals surface area contributed by atoms with Crippen molar-refractivity contribution < 1.29 is 14.6 Å². The predicted octanol–water partition coefficient (Wildman–Crippen LogP) is 2.34. The largest absolute Gasteiger partial charge is 0.493 e. The highest BCUT2D eigenvalue weighted by Crippen LogP contribution is 2.31. The Bertz CT molecular complexity index is 549. The Morgan fingerprint density at radius 3 is 2.81 bits per heavy atom. The monoisotopic (exact) mass is 477 g/mol. The van der Waals surface area contributed by atoms with Gasteiger partial charge in [0.25, 0.3) is 0 Å². The number of aliphatic imine (C=N–C) groups is 1. The summed E-state index contributed by atoms with van der Waals surface area (Å²) in [5.41, 5.74) is 1.17. The Balaban J connectivity index is 0.00000338. The van der Waals surface area contributed by atoms with Gasteiger partial charge in [-0.2, -0.15) is 0 Å². The van der Waals surface area contributed by atoms with Crippen LogP contribution in [0.3, 0.4) is 0 Å². The van der Waals surface area contributed by atoms with Gasteiger partial charge in [-0.05, 0) is 37.8 Å². The smallest absolute Gasteiger partial charge is 0.191 e. The van der Waals surface area contributed by atoms with Crippen LogP contribution >= 0.6 is 24.0 Å². The fourth-order valence-corrected chi connectivity index (χ4v) is 2.98. The van der Waals surface area contributed by atoms with Gasteiger partial charge in [-0.25, -0.2) is 0 Å². The van der Waals surface area contributed by atoms with Crippen LogP contribution in [0.5, 0.6) is 5.75 Å². The molecule has 2 rings (SSSR count). The van der Waals surface area contributed by atoms with Crippen LogP contribution in [0.1, 0.15) is 24.8 Å². The van der Waals surface area contributed by atoms with E-state index in [1.54, 1.807) is 7.05 Å². The summed E-state index contributed by atoms with van der Waals surface area (Å²) in [6.45, 7) is 5.91. The number of ether oxygens (including phenoxy) is 2. The minimum atomic E-state index is 0. The second-order valence-electron chi connectivity index (χ2n) is 6.60. The van der Waals surface area contributed by atoms with E-state index in [2.05, 4.69) is 15.6 Å². The molecule has 148 valence electrons. The van der Waals surface area contributed by atoms with E-state index in [0.29, 0.717) is 13.2 Å². The lowest BCUT2D eigenvalue weighted by atomic mass is 9.84. The van der Waals surface area contributed by atoms with Gasteiger partial charge >= 0.3 is 0 Å². The summed E-state index contributed by atoms with van der Waals surface area (Å²) in [5, 5.41) is 16.0. The van der Waals surface area contributed by atoms with Gasteiger partial charge in [0.05, 0.1) is 13.2 Å². The molecule has 0 amide bonds. The average molecular weight is 477 g/mol. The highest BCUT2D eigenvalue weighted by atomic mass is 127. The molecule has 0 saturated carbocycles. The van der Waals surface area contributed by atoms with Gasteiger partial charge < -0.3 is 25.2 Å². The first kappa shape index (κ1) is 23.0. The lowest BCUT2D eigenvalue weighted by Crippen LogP contribution is -2.44. The minimum absolute atomic E-state index is 0. The van der Waals surface area contributed by atoms with Crippen LogP contribution in [0.15, 0.2) is 29.3 Å². The zero-order valence-corrected chi connectivity index (χ0v) is 18.1. The van der Waals surface area contributed by atoms with Crippen LogP contribution in [0.4, 0.5) is 0 Å². The van der Waals surface area contributed by atoms with Gasteiger partial charge in [0, 0.05) is 38.8 Å². The number of aliphatic hydroxyl groups is 1. The maximum Gasteiger partial charge on any atom is 0.191 e. The first-order valence-corrected chi connectivity index (χ1v) is 9.01. The van der Waals surface area contributed by atoms with Gasteiger partial charge in [0.15, 0.2) is 5.96 Å². The Hall–Kier alpha value is -1.06. The van der Waals surface area contributed by atoms with Crippen molar-refractivity contribution in [3.8, 4) is 5.75 Å².